The summed E-state index contributed by atoms with van der Waals surface area (Å²) < 4.78 is 0. The van der Waals surface area contributed by atoms with Gasteiger partial charge >= 0.3 is 0 Å². The molecule has 0 radical (unpaired) electrons. The fraction of sp³-hybridized carbons (Fsp3) is 0.909. The maximum atomic E-state index is 8.74. The highest BCUT2D eigenvalue weighted by molar-refractivity contribution is 5.69. The number of hydrogen-bond donors (Lipinski definition) is 1. The highest BCUT2D eigenvalue weighted by Gasteiger charge is 2.32. The van der Waals surface area contributed by atoms with E-state index in [1.807, 2.05) is 0 Å². The molecular weight excluding hydrogens is 176 g/mol. The Morgan fingerprint density at radius 3 is 2.21 bits per heavy atom. The number of piperidine rings is 1. The SMILES string of the molecule is CCC(/C=N/O)(CC)N1CCCCC1. The Morgan fingerprint density at radius 2 is 1.79 bits per heavy atom. The Balaban J connectivity index is 2.72. The van der Waals surface area contributed by atoms with Crippen molar-refractivity contribution in [1.82, 2.24) is 4.90 Å². The van der Waals surface area contributed by atoms with Gasteiger partial charge in [-0.25, -0.2) is 0 Å². The van der Waals surface area contributed by atoms with Crippen LogP contribution in [0.4, 0.5) is 0 Å². The monoisotopic (exact) mass is 198 g/mol. The lowest BCUT2D eigenvalue weighted by Crippen LogP contribution is -2.51. The van der Waals surface area contributed by atoms with Gasteiger partial charge in [-0.1, -0.05) is 20.3 Å². The molecule has 1 fully saturated rings. The van der Waals surface area contributed by atoms with E-state index in [0.29, 0.717) is 0 Å². The Hall–Kier alpha value is -0.570. The molecule has 0 unspecified atom stereocenters. The average molecular weight is 198 g/mol. The van der Waals surface area contributed by atoms with Gasteiger partial charge in [0.05, 0.1) is 11.8 Å². The first-order valence-electron chi connectivity index (χ1n) is 5.72. The van der Waals surface area contributed by atoms with Gasteiger partial charge in [0, 0.05) is 0 Å². The molecule has 3 heteroatoms. The maximum Gasteiger partial charge on any atom is 0.0639 e. The first-order chi connectivity index (χ1) is 6.79. The number of oxime groups is 1. The van der Waals surface area contributed by atoms with Crippen LogP contribution in [0.2, 0.25) is 0 Å². The van der Waals surface area contributed by atoms with E-state index in [9.17, 15) is 0 Å². The smallest absolute Gasteiger partial charge is 0.0639 e. The molecule has 1 N–H and O–H groups in total. The van der Waals surface area contributed by atoms with E-state index in [1.165, 1.54) is 19.3 Å². The van der Waals surface area contributed by atoms with Crippen LogP contribution < -0.4 is 0 Å². The van der Waals surface area contributed by atoms with E-state index in [2.05, 4.69) is 23.9 Å². The second kappa shape index (κ2) is 5.35. The lowest BCUT2D eigenvalue weighted by Gasteiger charge is -2.42. The van der Waals surface area contributed by atoms with Gasteiger partial charge in [-0.15, -0.1) is 5.16 Å². The van der Waals surface area contributed by atoms with E-state index in [-0.39, 0.29) is 5.54 Å². The molecule has 0 aliphatic carbocycles. The first kappa shape index (κ1) is 11.5. The van der Waals surface area contributed by atoms with Crippen LogP contribution >= 0.6 is 0 Å². The predicted molar refractivity (Wildman–Crippen MR) is 59.0 cm³/mol. The molecule has 3 nitrogen and oxygen atoms in total. The molecule has 0 aromatic heterocycles. The van der Waals surface area contributed by atoms with Crippen molar-refractivity contribution in [3.8, 4) is 0 Å². The fourth-order valence-corrected chi connectivity index (χ4v) is 2.41. The number of rotatable bonds is 4. The van der Waals surface area contributed by atoms with Gasteiger partial charge in [-0.05, 0) is 38.8 Å². The third kappa shape index (κ3) is 2.27. The Bertz CT molecular complexity index is 182. The Labute approximate surface area is 86.8 Å². The minimum Gasteiger partial charge on any atom is -0.411 e. The summed E-state index contributed by atoms with van der Waals surface area (Å²) in [7, 11) is 0. The van der Waals surface area contributed by atoms with Gasteiger partial charge < -0.3 is 5.21 Å². The van der Waals surface area contributed by atoms with Crippen LogP contribution in [0.3, 0.4) is 0 Å². The largest absolute Gasteiger partial charge is 0.411 e. The highest BCUT2D eigenvalue weighted by Crippen LogP contribution is 2.25. The van der Waals surface area contributed by atoms with Gasteiger partial charge in [0.1, 0.15) is 0 Å². The minimum atomic E-state index is -0.00479. The summed E-state index contributed by atoms with van der Waals surface area (Å²) in [5.74, 6) is 0. The van der Waals surface area contributed by atoms with Crippen LogP contribution in [-0.2, 0) is 0 Å². The molecule has 0 aromatic rings. The molecule has 1 rings (SSSR count). The summed E-state index contributed by atoms with van der Waals surface area (Å²) >= 11 is 0. The molecule has 1 heterocycles. The van der Waals surface area contributed by atoms with Crippen molar-refractivity contribution in [2.45, 2.75) is 51.5 Å². The quantitative estimate of drug-likeness (QED) is 0.428. The highest BCUT2D eigenvalue weighted by atomic mass is 16.4. The average Bonchev–Trinajstić information content (AvgIpc) is 2.27. The summed E-state index contributed by atoms with van der Waals surface area (Å²) in [5, 5.41) is 12.0. The van der Waals surface area contributed by atoms with Gasteiger partial charge in [-0.2, -0.15) is 0 Å². The van der Waals surface area contributed by atoms with Gasteiger partial charge in [-0.3, -0.25) is 4.90 Å². The van der Waals surface area contributed by atoms with E-state index in [1.54, 1.807) is 6.21 Å². The normalized spacial score (nSPS) is 20.4. The molecule has 0 amide bonds. The molecule has 0 atom stereocenters. The van der Waals surface area contributed by atoms with Crippen molar-refractivity contribution >= 4 is 6.21 Å². The molecule has 0 bridgehead atoms. The van der Waals surface area contributed by atoms with Gasteiger partial charge in [0.15, 0.2) is 0 Å². The molecule has 14 heavy (non-hydrogen) atoms. The zero-order valence-corrected chi connectivity index (χ0v) is 9.37. The first-order valence-corrected chi connectivity index (χ1v) is 5.72. The Morgan fingerprint density at radius 1 is 1.21 bits per heavy atom. The molecular formula is C11H22N2O. The third-order valence-electron chi connectivity index (χ3n) is 3.51. The van der Waals surface area contributed by atoms with E-state index in [0.717, 1.165) is 25.9 Å². The van der Waals surface area contributed by atoms with Crippen LogP contribution in [-0.4, -0.2) is 35.0 Å². The summed E-state index contributed by atoms with van der Waals surface area (Å²) in [5.41, 5.74) is -0.00479. The predicted octanol–water partition coefficient (Wildman–Crippen LogP) is 2.49. The van der Waals surface area contributed by atoms with E-state index in [4.69, 9.17) is 5.21 Å². The molecule has 0 spiro atoms. The molecule has 1 saturated heterocycles. The van der Waals surface area contributed by atoms with Crippen molar-refractivity contribution in [3.63, 3.8) is 0 Å². The van der Waals surface area contributed by atoms with Crippen LogP contribution in [0.25, 0.3) is 0 Å². The summed E-state index contributed by atoms with van der Waals surface area (Å²) in [6, 6.07) is 0. The zero-order valence-electron chi connectivity index (χ0n) is 9.37. The zero-order chi connectivity index (χ0) is 10.4. The lowest BCUT2D eigenvalue weighted by molar-refractivity contribution is 0.113. The van der Waals surface area contributed by atoms with Gasteiger partial charge in [0.25, 0.3) is 0 Å². The fourth-order valence-electron chi connectivity index (χ4n) is 2.41. The van der Waals surface area contributed by atoms with Crippen molar-refractivity contribution in [2.24, 2.45) is 5.16 Å². The minimum absolute atomic E-state index is 0.00479. The standard InChI is InChI=1S/C11H22N2O/c1-3-11(4-2,10-12-14)13-8-6-5-7-9-13/h10,14H,3-9H2,1-2H3/b12-10+. The third-order valence-corrected chi connectivity index (χ3v) is 3.51. The van der Waals surface area contributed by atoms with Crippen molar-refractivity contribution < 1.29 is 5.21 Å². The van der Waals surface area contributed by atoms with E-state index < -0.39 is 0 Å². The van der Waals surface area contributed by atoms with Crippen LogP contribution in [0, 0.1) is 0 Å². The second-order valence-corrected chi connectivity index (χ2v) is 4.10. The van der Waals surface area contributed by atoms with Crippen LogP contribution in [0.15, 0.2) is 5.16 Å². The van der Waals surface area contributed by atoms with Gasteiger partial charge in [0.2, 0.25) is 0 Å². The van der Waals surface area contributed by atoms with Crippen LogP contribution in [0.5, 0.6) is 0 Å². The summed E-state index contributed by atoms with van der Waals surface area (Å²) in [6.07, 6.45) is 7.66. The summed E-state index contributed by atoms with van der Waals surface area (Å²) in [6.45, 7) is 6.63. The topological polar surface area (TPSA) is 35.8 Å². The van der Waals surface area contributed by atoms with E-state index >= 15 is 0 Å². The number of likely N-dealkylation sites (tertiary alicyclic amines) is 1. The Kier molecular flexibility index (Phi) is 4.39. The maximum absolute atomic E-state index is 8.74. The molecule has 82 valence electrons. The second-order valence-electron chi connectivity index (χ2n) is 4.10. The number of hydrogen-bond acceptors (Lipinski definition) is 3. The molecule has 1 aliphatic heterocycles. The van der Waals surface area contributed by atoms with Crippen molar-refractivity contribution in [1.29, 1.82) is 0 Å². The number of nitrogens with zero attached hydrogens (tertiary/aromatic N) is 2. The molecule has 0 saturated carbocycles. The summed E-state index contributed by atoms with van der Waals surface area (Å²) in [4.78, 5) is 2.47. The lowest BCUT2D eigenvalue weighted by atomic mass is 9.90. The van der Waals surface area contributed by atoms with Crippen molar-refractivity contribution in [3.05, 3.63) is 0 Å². The molecule has 1 aliphatic rings. The van der Waals surface area contributed by atoms with Crippen molar-refractivity contribution in [2.75, 3.05) is 13.1 Å². The molecule has 0 aromatic carbocycles. The van der Waals surface area contributed by atoms with Crippen LogP contribution in [0.1, 0.15) is 46.0 Å².